The quantitative estimate of drug-likeness (QED) is 0.812. The van der Waals surface area contributed by atoms with E-state index in [-0.39, 0.29) is 5.92 Å². The Kier molecular flexibility index (Phi) is 4.16. The third-order valence-electron chi connectivity index (χ3n) is 3.95. The predicted molar refractivity (Wildman–Crippen MR) is 77.0 cm³/mol. The number of hydrogen-bond acceptors (Lipinski definition) is 6. The molecule has 2 aliphatic rings. The molecule has 20 heavy (non-hydrogen) atoms. The number of anilines is 1. The van der Waals surface area contributed by atoms with Gasteiger partial charge in [0.05, 0.1) is 13.2 Å². The number of nitrogens with zero attached hydrogens (tertiary/aromatic N) is 4. The zero-order valence-corrected chi connectivity index (χ0v) is 12.6. The number of carbonyl (C=O) groups excluding carboxylic acids is 1. The molecule has 0 aliphatic carbocycles. The van der Waals surface area contributed by atoms with Gasteiger partial charge in [0.25, 0.3) is 0 Å². The summed E-state index contributed by atoms with van der Waals surface area (Å²) in [4.78, 5) is 21.0. The molecule has 0 unspecified atom stereocenters. The molecule has 110 valence electrons. The Morgan fingerprint density at radius 2 is 1.95 bits per heavy atom. The van der Waals surface area contributed by atoms with Gasteiger partial charge in [0.2, 0.25) is 11.0 Å². The summed E-state index contributed by atoms with van der Waals surface area (Å²) in [5, 5.41) is 0.986. The zero-order valence-electron chi connectivity index (χ0n) is 11.7. The fraction of sp³-hybridized carbons (Fsp3) is 0.769. The second kappa shape index (κ2) is 6.05. The van der Waals surface area contributed by atoms with Crippen LogP contribution >= 0.6 is 11.5 Å². The van der Waals surface area contributed by atoms with Crippen molar-refractivity contribution in [1.29, 1.82) is 0 Å². The molecule has 1 aromatic rings. The van der Waals surface area contributed by atoms with Gasteiger partial charge in [0, 0.05) is 43.6 Å². The van der Waals surface area contributed by atoms with E-state index in [1.54, 1.807) is 0 Å². The molecule has 3 heterocycles. The minimum atomic E-state index is 0.165. The Balaban J connectivity index is 1.54. The summed E-state index contributed by atoms with van der Waals surface area (Å²) in [6.45, 7) is 6.55. The van der Waals surface area contributed by atoms with Crippen LogP contribution in [-0.4, -0.2) is 59.6 Å². The first-order valence-electron chi connectivity index (χ1n) is 7.16. The molecule has 2 aliphatic heterocycles. The summed E-state index contributed by atoms with van der Waals surface area (Å²) in [5.74, 6) is 1.30. The number of hydrogen-bond donors (Lipinski definition) is 0. The lowest BCUT2D eigenvalue weighted by Gasteiger charge is -2.35. The van der Waals surface area contributed by atoms with Crippen molar-refractivity contribution >= 4 is 22.6 Å². The molecule has 0 N–H and O–H groups in total. The van der Waals surface area contributed by atoms with E-state index in [0.717, 1.165) is 50.0 Å². The lowest BCUT2D eigenvalue weighted by molar-refractivity contribution is -0.140. The van der Waals surface area contributed by atoms with Gasteiger partial charge in [0.15, 0.2) is 0 Å². The third-order valence-corrected chi connectivity index (χ3v) is 4.82. The first-order chi connectivity index (χ1) is 9.74. The van der Waals surface area contributed by atoms with Crippen LogP contribution in [0.3, 0.4) is 0 Å². The maximum absolute atomic E-state index is 12.4. The normalized spacial score (nSPS) is 21.2. The van der Waals surface area contributed by atoms with Crippen molar-refractivity contribution in [2.75, 3.05) is 44.3 Å². The zero-order chi connectivity index (χ0) is 13.9. The van der Waals surface area contributed by atoms with Crippen LogP contribution in [0.4, 0.5) is 5.13 Å². The Morgan fingerprint density at radius 3 is 2.55 bits per heavy atom. The highest BCUT2D eigenvalue weighted by molar-refractivity contribution is 7.09. The topological polar surface area (TPSA) is 58.6 Å². The van der Waals surface area contributed by atoms with Crippen LogP contribution in [-0.2, 0) is 9.53 Å². The highest BCUT2D eigenvalue weighted by Gasteiger charge is 2.30. The van der Waals surface area contributed by atoms with Crippen LogP contribution in [0, 0.1) is 12.8 Å². The highest BCUT2D eigenvalue weighted by Crippen LogP contribution is 2.25. The number of piperidine rings is 1. The molecular weight excluding hydrogens is 276 g/mol. The fourth-order valence-corrected chi connectivity index (χ4v) is 3.50. The molecule has 2 fully saturated rings. The summed E-state index contributed by atoms with van der Waals surface area (Å²) in [5.41, 5.74) is 0. The summed E-state index contributed by atoms with van der Waals surface area (Å²) >= 11 is 1.45. The SMILES string of the molecule is Cc1nsc(N2CCC(C(=O)N3CCOCC3)CC2)n1. The van der Waals surface area contributed by atoms with E-state index in [1.807, 2.05) is 11.8 Å². The first-order valence-corrected chi connectivity index (χ1v) is 7.93. The maximum Gasteiger partial charge on any atom is 0.225 e. The van der Waals surface area contributed by atoms with Gasteiger partial charge in [-0.05, 0) is 19.8 Å². The molecular formula is C13H20N4O2S. The summed E-state index contributed by atoms with van der Waals surface area (Å²) < 4.78 is 9.52. The van der Waals surface area contributed by atoms with Crippen LogP contribution in [0.1, 0.15) is 18.7 Å². The molecule has 6 nitrogen and oxygen atoms in total. The minimum Gasteiger partial charge on any atom is -0.378 e. The average Bonchev–Trinajstić information content (AvgIpc) is 2.94. The van der Waals surface area contributed by atoms with Crippen molar-refractivity contribution in [2.24, 2.45) is 5.92 Å². The second-order valence-electron chi connectivity index (χ2n) is 5.32. The van der Waals surface area contributed by atoms with Crippen LogP contribution < -0.4 is 4.90 Å². The van der Waals surface area contributed by atoms with Crippen LogP contribution in [0.15, 0.2) is 0 Å². The van der Waals surface area contributed by atoms with Crippen molar-refractivity contribution < 1.29 is 9.53 Å². The summed E-state index contributed by atoms with van der Waals surface area (Å²) in [6, 6.07) is 0. The molecule has 0 saturated carbocycles. The van der Waals surface area contributed by atoms with Gasteiger partial charge in [-0.2, -0.15) is 4.37 Å². The smallest absolute Gasteiger partial charge is 0.225 e. The molecule has 1 amide bonds. The van der Waals surface area contributed by atoms with Gasteiger partial charge in [0.1, 0.15) is 5.82 Å². The van der Waals surface area contributed by atoms with Gasteiger partial charge < -0.3 is 14.5 Å². The van der Waals surface area contributed by atoms with Crippen molar-refractivity contribution in [3.63, 3.8) is 0 Å². The summed E-state index contributed by atoms with van der Waals surface area (Å²) in [6.07, 6.45) is 1.82. The predicted octanol–water partition coefficient (Wildman–Crippen LogP) is 0.922. The van der Waals surface area contributed by atoms with Gasteiger partial charge >= 0.3 is 0 Å². The van der Waals surface area contributed by atoms with Crippen molar-refractivity contribution in [1.82, 2.24) is 14.3 Å². The first kappa shape index (κ1) is 13.8. The molecule has 7 heteroatoms. The minimum absolute atomic E-state index is 0.165. The van der Waals surface area contributed by atoms with Crippen molar-refractivity contribution in [2.45, 2.75) is 19.8 Å². The third kappa shape index (κ3) is 2.93. The fourth-order valence-electron chi connectivity index (χ4n) is 2.77. The number of aromatic nitrogens is 2. The van der Waals surface area contributed by atoms with E-state index < -0.39 is 0 Å². The van der Waals surface area contributed by atoms with Gasteiger partial charge in [-0.15, -0.1) is 0 Å². The monoisotopic (exact) mass is 296 g/mol. The molecule has 2 saturated heterocycles. The number of ether oxygens (including phenoxy) is 1. The molecule has 0 spiro atoms. The average molecular weight is 296 g/mol. The maximum atomic E-state index is 12.4. The Hall–Kier alpha value is -1.21. The van der Waals surface area contributed by atoms with Crippen LogP contribution in [0.5, 0.6) is 0 Å². The van der Waals surface area contributed by atoms with Crippen LogP contribution in [0.2, 0.25) is 0 Å². The van der Waals surface area contributed by atoms with E-state index >= 15 is 0 Å². The van der Waals surface area contributed by atoms with Gasteiger partial charge in [-0.1, -0.05) is 0 Å². The van der Waals surface area contributed by atoms with Crippen molar-refractivity contribution in [3.05, 3.63) is 5.82 Å². The molecule has 0 bridgehead atoms. The lowest BCUT2D eigenvalue weighted by atomic mass is 9.95. The molecule has 3 rings (SSSR count). The highest BCUT2D eigenvalue weighted by atomic mass is 32.1. The van der Waals surface area contributed by atoms with E-state index in [1.165, 1.54) is 11.5 Å². The van der Waals surface area contributed by atoms with E-state index in [2.05, 4.69) is 14.3 Å². The van der Waals surface area contributed by atoms with Gasteiger partial charge in [-0.25, -0.2) is 4.98 Å². The standard InChI is InChI=1S/C13H20N4O2S/c1-10-14-13(20-15-10)17-4-2-11(3-5-17)12(18)16-6-8-19-9-7-16/h11H,2-9H2,1H3. The molecule has 0 radical (unpaired) electrons. The Morgan fingerprint density at radius 1 is 1.25 bits per heavy atom. The Labute approximate surface area is 122 Å². The van der Waals surface area contributed by atoms with Gasteiger partial charge in [-0.3, -0.25) is 4.79 Å². The number of rotatable bonds is 2. The number of aryl methyl sites for hydroxylation is 1. The Bertz CT molecular complexity index is 465. The second-order valence-corrected chi connectivity index (χ2v) is 6.05. The largest absolute Gasteiger partial charge is 0.378 e. The van der Waals surface area contributed by atoms with Crippen LogP contribution in [0.25, 0.3) is 0 Å². The van der Waals surface area contributed by atoms with E-state index in [9.17, 15) is 4.79 Å². The molecule has 1 aromatic heterocycles. The lowest BCUT2D eigenvalue weighted by Crippen LogP contribution is -2.46. The summed E-state index contributed by atoms with van der Waals surface area (Å²) in [7, 11) is 0. The van der Waals surface area contributed by atoms with E-state index in [4.69, 9.17) is 4.74 Å². The molecule has 0 aromatic carbocycles. The molecule has 0 atom stereocenters. The van der Waals surface area contributed by atoms with Crippen molar-refractivity contribution in [3.8, 4) is 0 Å². The van der Waals surface area contributed by atoms with E-state index in [0.29, 0.717) is 19.1 Å². The number of morpholine rings is 1. The number of amides is 1. The number of carbonyl (C=O) groups is 1.